The van der Waals surface area contributed by atoms with Gasteiger partial charge >= 0.3 is 0 Å². The van der Waals surface area contributed by atoms with E-state index in [1.807, 2.05) is 12.1 Å². The monoisotopic (exact) mass is 408 g/mol. The fourth-order valence-electron chi connectivity index (χ4n) is 2.77. The second kappa shape index (κ2) is 11.3. The summed E-state index contributed by atoms with van der Waals surface area (Å²) in [5, 5.41) is 3.36. The lowest BCUT2D eigenvalue weighted by Crippen LogP contribution is -2.41. The first kappa shape index (κ1) is 23.7. The van der Waals surface area contributed by atoms with Gasteiger partial charge in [0.15, 0.2) is 0 Å². The molecule has 1 amide bonds. The third-order valence-electron chi connectivity index (χ3n) is 3.99. The summed E-state index contributed by atoms with van der Waals surface area (Å²) in [5.41, 5.74) is 0.535. The molecular weight excluding hydrogens is 387 g/mol. The first-order chi connectivity index (χ1) is 10.7. The Bertz CT molecular complexity index is 733. The van der Waals surface area contributed by atoms with Gasteiger partial charge in [-0.25, -0.2) is 4.98 Å². The standard InChI is InChI=1S/C16H20N4O2.3ClH/c21-15(10-19-8-4-1-5-9-19)18-12-20-11-17-14-7-3-2-6-13(14)16(20)22;;;/h2-3,6-7,11H,1,4-5,8-10,12H2,(H,18,21);3*1H. The maximum absolute atomic E-state index is 12.3. The molecular formula is C16H23Cl3N4O2. The van der Waals surface area contributed by atoms with Gasteiger partial charge in [-0.15, -0.1) is 37.2 Å². The van der Waals surface area contributed by atoms with E-state index < -0.39 is 0 Å². The molecule has 0 unspecified atom stereocenters. The second-order valence-electron chi connectivity index (χ2n) is 5.63. The number of hydrogen-bond donors (Lipinski definition) is 1. The zero-order valence-corrected chi connectivity index (χ0v) is 16.2. The number of aromatic nitrogens is 2. The lowest BCUT2D eigenvalue weighted by molar-refractivity contribution is -0.123. The van der Waals surface area contributed by atoms with E-state index in [1.165, 1.54) is 17.3 Å². The van der Waals surface area contributed by atoms with Gasteiger partial charge in [-0.2, -0.15) is 0 Å². The smallest absolute Gasteiger partial charge is 0.262 e. The van der Waals surface area contributed by atoms with Gasteiger partial charge in [0, 0.05) is 0 Å². The van der Waals surface area contributed by atoms with Crippen LogP contribution in [0.15, 0.2) is 35.4 Å². The van der Waals surface area contributed by atoms with Crippen molar-refractivity contribution in [2.24, 2.45) is 0 Å². The molecule has 0 aliphatic carbocycles. The normalized spacial score (nSPS) is 13.9. The van der Waals surface area contributed by atoms with Gasteiger partial charge in [-0.05, 0) is 38.1 Å². The highest BCUT2D eigenvalue weighted by Crippen LogP contribution is 2.07. The Morgan fingerprint density at radius 1 is 1.08 bits per heavy atom. The minimum absolute atomic E-state index is 0. The van der Waals surface area contributed by atoms with Crippen LogP contribution >= 0.6 is 37.2 Å². The Morgan fingerprint density at radius 2 is 1.76 bits per heavy atom. The SMILES string of the molecule is Cl.Cl.Cl.O=C(CN1CCCCC1)NCn1cnc2ccccc2c1=O. The van der Waals surface area contributed by atoms with E-state index in [0.29, 0.717) is 17.4 Å². The number of likely N-dealkylation sites (tertiary alicyclic amines) is 1. The molecule has 2 heterocycles. The Balaban J connectivity index is 0.00000192. The van der Waals surface area contributed by atoms with Gasteiger partial charge in [0.05, 0.1) is 30.4 Å². The summed E-state index contributed by atoms with van der Waals surface area (Å²) in [6.07, 6.45) is 5.03. The number of piperidine rings is 1. The van der Waals surface area contributed by atoms with Crippen molar-refractivity contribution in [2.45, 2.75) is 25.9 Å². The van der Waals surface area contributed by atoms with E-state index in [4.69, 9.17) is 0 Å². The van der Waals surface area contributed by atoms with E-state index in [0.717, 1.165) is 25.9 Å². The number of rotatable bonds is 4. The lowest BCUT2D eigenvalue weighted by Gasteiger charge is -2.25. The molecule has 6 nitrogen and oxygen atoms in total. The largest absolute Gasteiger partial charge is 0.337 e. The Morgan fingerprint density at radius 3 is 2.48 bits per heavy atom. The van der Waals surface area contributed by atoms with Gasteiger partial charge in [-0.3, -0.25) is 19.1 Å². The molecule has 1 fully saturated rings. The molecule has 1 aromatic carbocycles. The highest BCUT2D eigenvalue weighted by atomic mass is 35.5. The predicted octanol–water partition coefficient (Wildman–Crippen LogP) is 2.22. The number of hydrogen-bond acceptors (Lipinski definition) is 4. The first-order valence-corrected chi connectivity index (χ1v) is 7.67. The summed E-state index contributed by atoms with van der Waals surface area (Å²) in [6.45, 7) is 2.51. The van der Waals surface area contributed by atoms with Crippen molar-refractivity contribution in [3.8, 4) is 0 Å². The predicted molar refractivity (Wildman–Crippen MR) is 106 cm³/mol. The van der Waals surface area contributed by atoms with Crippen molar-refractivity contribution in [3.05, 3.63) is 40.9 Å². The number of nitrogens with zero attached hydrogens (tertiary/aromatic N) is 3. The van der Waals surface area contributed by atoms with E-state index in [1.54, 1.807) is 12.1 Å². The molecule has 9 heteroatoms. The fourth-order valence-corrected chi connectivity index (χ4v) is 2.77. The molecule has 0 radical (unpaired) electrons. The molecule has 140 valence electrons. The molecule has 1 N–H and O–H groups in total. The molecule has 25 heavy (non-hydrogen) atoms. The van der Waals surface area contributed by atoms with Crippen molar-refractivity contribution >= 4 is 54.0 Å². The molecule has 1 aromatic heterocycles. The fraction of sp³-hybridized carbons (Fsp3) is 0.438. The molecule has 0 atom stereocenters. The Kier molecular flexibility index (Phi) is 10.7. The summed E-state index contributed by atoms with van der Waals surface area (Å²) >= 11 is 0. The third-order valence-corrected chi connectivity index (χ3v) is 3.99. The summed E-state index contributed by atoms with van der Waals surface area (Å²) in [5.74, 6) is -0.0537. The van der Waals surface area contributed by atoms with Gasteiger partial charge in [0.25, 0.3) is 5.56 Å². The number of carbonyl (C=O) groups excluding carboxylic acids is 1. The number of halogens is 3. The summed E-state index contributed by atoms with van der Waals surface area (Å²) in [4.78, 5) is 30.7. The summed E-state index contributed by atoms with van der Waals surface area (Å²) < 4.78 is 1.43. The van der Waals surface area contributed by atoms with E-state index in [2.05, 4.69) is 15.2 Å². The van der Waals surface area contributed by atoms with Crippen molar-refractivity contribution in [1.29, 1.82) is 0 Å². The van der Waals surface area contributed by atoms with Crippen molar-refractivity contribution < 1.29 is 4.79 Å². The molecule has 1 aliphatic heterocycles. The van der Waals surface area contributed by atoms with Crippen LogP contribution in [-0.4, -0.2) is 40.0 Å². The van der Waals surface area contributed by atoms with Gasteiger partial charge in [-0.1, -0.05) is 18.6 Å². The van der Waals surface area contributed by atoms with Crippen LogP contribution in [0.1, 0.15) is 19.3 Å². The van der Waals surface area contributed by atoms with Crippen LogP contribution < -0.4 is 10.9 Å². The average Bonchev–Trinajstić information content (AvgIpc) is 2.55. The van der Waals surface area contributed by atoms with E-state index >= 15 is 0 Å². The summed E-state index contributed by atoms with van der Waals surface area (Å²) in [6, 6.07) is 7.21. The number of para-hydroxylation sites is 1. The minimum Gasteiger partial charge on any atom is -0.337 e. The number of fused-ring (bicyclic) bond motifs is 1. The molecule has 0 spiro atoms. The van der Waals surface area contributed by atoms with Gasteiger partial charge in [0.1, 0.15) is 0 Å². The number of amides is 1. The molecule has 1 aliphatic rings. The number of benzene rings is 1. The van der Waals surface area contributed by atoms with E-state index in [-0.39, 0.29) is 55.4 Å². The number of nitrogens with one attached hydrogen (secondary N) is 1. The van der Waals surface area contributed by atoms with E-state index in [9.17, 15) is 9.59 Å². The maximum atomic E-state index is 12.3. The molecule has 3 rings (SSSR count). The van der Waals surface area contributed by atoms with Crippen LogP contribution in [0.5, 0.6) is 0 Å². The van der Waals surface area contributed by atoms with Gasteiger partial charge < -0.3 is 5.32 Å². The van der Waals surface area contributed by atoms with Crippen LogP contribution in [0.25, 0.3) is 10.9 Å². The Labute approximate surface area is 165 Å². The van der Waals surface area contributed by atoms with Crippen LogP contribution in [0.3, 0.4) is 0 Å². The van der Waals surface area contributed by atoms with Crippen molar-refractivity contribution in [2.75, 3.05) is 19.6 Å². The highest BCUT2D eigenvalue weighted by Gasteiger charge is 2.13. The molecule has 1 saturated heterocycles. The van der Waals surface area contributed by atoms with Crippen LogP contribution in [0.4, 0.5) is 0 Å². The quantitative estimate of drug-likeness (QED) is 0.841. The minimum atomic E-state index is -0.135. The van der Waals surface area contributed by atoms with Crippen molar-refractivity contribution in [3.63, 3.8) is 0 Å². The maximum Gasteiger partial charge on any atom is 0.262 e. The number of carbonyl (C=O) groups is 1. The molecule has 2 aromatic rings. The van der Waals surface area contributed by atoms with Crippen LogP contribution in [0, 0.1) is 0 Å². The first-order valence-electron chi connectivity index (χ1n) is 7.67. The zero-order valence-electron chi connectivity index (χ0n) is 13.7. The summed E-state index contributed by atoms with van der Waals surface area (Å²) in [7, 11) is 0. The molecule has 0 bridgehead atoms. The third kappa shape index (κ3) is 6.15. The zero-order chi connectivity index (χ0) is 15.4. The topological polar surface area (TPSA) is 67.2 Å². The average molecular weight is 410 g/mol. The highest BCUT2D eigenvalue weighted by molar-refractivity contribution is 5.86. The van der Waals surface area contributed by atoms with Crippen LogP contribution in [-0.2, 0) is 11.5 Å². The van der Waals surface area contributed by atoms with Gasteiger partial charge in [0.2, 0.25) is 5.91 Å². The Hall–Kier alpha value is -1.34. The van der Waals surface area contributed by atoms with Crippen LogP contribution in [0.2, 0.25) is 0 Å². The second-order valence-corrected chi connectivity index (χ2v) is 5.63. The molecule has 0 saturated carbocycles. The van der Waals surface area contributed by atoms with Crippen molar-refractivity contribution in [1.82, 2.24) is 19.8 Å². The lowest BCUT2D eigenvalue weighted by atomic mass is 10.1.